The number of aromatic nitrogens is 1. The van der Waals surface area contributed by atoms with Crippen molar-refractivity contribution in [3.63, 3.8) is 0 Å². The van der Waals surface area contributed by atoms with Crippen molar-refractivity contribution in [2.24, 2.45) is 5.92 Å². The van der Waals surface area contributed by atoms with E-state index in [0.29, 0.717) is 24.2 Å². The number of carbonyl (C=O) groups excluding carboxylic acids is 1. The average Bonchev–Trinajstić information content (AvgIpc) is 2.71. The van der Waals surface area contributed by atoms with Crippen LogP contribution in [0.2, 0.25) is 0 Å². The molecule has 2 fully saturated rings. The molecule has 2 aliphatic heterocycles. The Morgan fingerprint density at radius 2 is 1.97 bits per heavy atom. The van der Waals surface area contributed by atoms with Gasteiger partial charge in [-0.05, 0) is 43.7 Å². The number of hydrogen-bond acceptors (Lipinski definition) is 4. The molecule has 0 aliphatic carbocycles. The van der Waals surface area contributed by atoms with Crippen molar-refractivity contribution in [1.29, 1.82) is 0 Å². The Bertz CT molecular complexity index is 762. The van der Waals surface area contributed by atoms with E-state index in [-0.39, 0.29) is 44.2 Å². The molecular weight excluding hydrogens is 392 g/mol. The van der Waals surface area contributed by atoms with Gasteiger partial charge in [-0.25, -0.2) is 13.8 Å². The first-order chi connectivity index (χ1) is 14.3. The molecule has 0 saturated carbocycles. The maximum Gasteiger partial charge on any atom is 0.303 e. The van der Waals surface area contributed by atoms with Gasteiger partial charge in [-0.3, -0.25) is 9.59 Å². The number of piperidine rings is 2. The summed E-state index contributed by atoms with van der Waals surface area (Å²) in [6.07, 6.45) is 3.85. The molecule has 0 aromatic carbocycles. The van der Waals surface area contributed by atoms with Crippen LogP contribution in [0.1, 0.15) is 67.9 Å². The minimum absolute atomic E-state index is 0.0593. The number of amides is 1. The highest BCUT2D eigenvalue weighted by Crippen LogP contribution is 2.30. The maximum atomic E-state index is 13.5. The second kappa shape index (κ2) is 9.71. The summed E-state index contributed by atoms with van der Waals surface area (Å²) in [5, 5.41) is 9.09. The molecule has 3 heterocycles. The second-order valence-electron chi connectivity index (χ2n) is 8.47. The lowest BCUT2D eigenvalue weighted by atomic mass is 9.95. The lowest BCUT2D eigenvalue weighted by Gasteiger charge is -2.34. The van der Waals surface area contributed by atoms with Gasteiger partial charge in [0.05, 0.1) is 11.3 Å². The number of carboxylic acids is 1. The lowest BCUT2D eigenvalue weighted by molar-refractivity contribution is -0.138. The number of halogens is 2. The molecular formula is C22H31F2N3O3. The van der Waals surface area contributed by atoms with E-state index in [9.17, 15) is 18.4 Å². The highest BCUT2D eigenvalue weighted by Gasteiger charge is 2.36. The summed E-state index contributed by atoms with van der Waals surface area (Å²) in [5.74, 6) is -2.85. The number of unbranched alkanes of at least 4 members (excludes halogenated alkanes) is 1. The van der Waals surface area contributed by atoms with Crippen LogP contribution in [-0.2, 0) is 11.2 Å². The SMILES string of the molecule is CCCCc1nc(N2CCCC(CC(=O)O)C2)ccc1C(=O)N1CCC(F)(F)CC1. The Morgan fingerprint density at radius 3 is 2.63 bits per heavy atom. The third-order valence-electron chi connectivity index (χ3n) is 6.05. The van der Waals surface area contributed by atoms with E-state index in [1.54, 1.807) is 6.07 Å². The molecule has 0 radical (unpaired) electrons. The van der Waals surface area contributed by atoms with E-state index in [1.807, 2.05) is 6.07 Å². The topological polar surface area (TPSA) is 73.7 Å². The number of carboxylic acid groups (broad SMARTS) is 1. The average molecular weight is 424 g/mol. The lowest BCUT2D eigenvalue weighted by Crippen LogP contribution is -2.43. The number of hydrogen-bond donors (Lipinski definition) is 1. The molecule has 1 atom stereocenters. The minimum Gasteiger partial charge on any atom is -0.481 e. The smallest absolute Gasteiger partial charge is 0.303 e. The Morgan fingerprint density at radius 1 is 1.23 bits per heavy atom. The second-order valence-corrected chi connectivity index (χ2v) is 8.47. The fourth-order valence-corrected chi connectivity index (χ4v) is 4.29. The monoisotopic (exact) mass is 423 g/mol. The Kier molecular flexibility index (Phi) is 7.26. The van der Waals surface area contributed by atoms with E-state index in [0.717, 1.165) is 38.0 Å². The van der Waals surface area contributed by atoms with E-state index < -0.39 is 11.9 Å². The van der Waals surface area contributed by atoms with Crippen LogP contribution >= 0.6 is 0 Å². The summed E-state index contributed by atoms with van der Waals surface area (Å²) >= 11 is 0. The van der Waals surface area contributed by atoms with Gasteiger partial charge in [0, 0.05) is 45.4 Å². The Balaban J connectivity index is 1.78. The first kappa shape index (κ1) is 22.4. The van der Waals surface area contributed by atoms with Crippen LogP contribution in [0.3, 0.4) is 0 Å². The van der Waals surface area contributed by atoms with Crippen molar-refractivity contribution in [3.8, 4) is 0 Å². The van der Waals surface area contributed by atoms with E-state index in [1.165, 1.54) is 4.90 Å². The first-order valence-electron chi connectivity index (χ1n) is 10.9. The molecule has 166 valence electrons. The zero-order valence-electron chi connectivity index (χ0n) is 17.6. The van der Waals surface area contributed by atoms with Crippen LogP contribution in [0.4, 0.5) is 14.6 Å². The number of pyridine rings is 1. The normalized spacial score (nSPS) is 21.5. The molecule has 2 saturated heterocycles. The molecule has 1 aromatic rings. The summed E-state index contributed by atoms with van der Waals surface area (Å²) in [6.45, 7) is 3.64. The molecule has 1 aromatic heterocycles. The number of rotatable bonds is 7. The molecule has 1 N–H and O–H groups in total. The zero-order chi connectivity index (χ0) is 21.7. The standard InChI is InChI=1S/C22H31F2N3O3/c1-2-3-6-18-17(21(30)26-12-9-22(23,24)10-13-26)7-8-19(25-18)27-11-4-5-16(15-27)14-20(28)29/h7-8,16H,2-6,9-15H2,1H3,(H,28,29). The van der Waals surface area contributed by atoms with Crippen LogP contribution in [0.15, 0.2) is 12.1 Å². The van der Waals surface area contributed by atoms with Gasteiger partial charge in [-0.2, -0.15) is 0 Å². The minimum atomic E-state index is -2.69. The molecule has 0 bridgehead atoms. The quantitative estimate of drug-likeness (QED) is 0.718. The van der Waals surface area contributed by atoms with Gasteiger partial charge < -0.3 is 14.9 Å². The predicted molar refractivity (Wildman–Crippen MR) is 110 cm³/mol. The van der Waals surface area contributed by atoms with Crippen LogP contribution in [-0.4, -0.2) is 59.0 Å². The molecule has 6 nitrogen and oxygen atoms in total. The van der Waals surface area contributed by atoms with Crippen molar-refractivity contribution in [1.82, 2.24) is 9.88 Å². The zero-order valence-corrected chi connectivity index (χ0v) is 17.6. The first-order valence-corrected chi connectivity index (χ1v) is 10.9. The van der Waals surface area contributed by atoms with Gasteiger partial charge in [-0.15, -0.1) is 0 Å². The molecule has 0 spiro atoms. The van der Waals surface area contributed by atoms with Crippen molar-refractivity contribution >= 4 is 17.7 Å². The summed E-state index contributed by atoms with van der Waals surface area (Å²) in [4.78, 5) is 32.5. The molecule has 1 amide bonds. The van der Waals surface area contributed by atoms with E-state index in [4.69, 9.17) is 10.1 Å². The fraction of sp³-hybridized carbons (Fsp3) is 0.682. The van der Waals surface area contributed by atoms with Crippen molar-refractivity contribution < 1.29 is 23.5 Å². The Labute approximate surface area is 176 Å². The summed E-state index contributed by atoms with van der Waals surface area (Å²) < 4.78 is 26.9. The number of alkyl halides is 2. The van der Waals surface area contributed by atoms with Crippen molar-refractivity contribution in [2.45, 2.75) is 64.2 Å². The summed E-state index contributed by atoms with van der Waals surface area (Å²) in [6, 6.07) is 3.58. The van der Waals surface area contributed by atoms with Gasteiger partial charge in [0.15, 0.2) is 0 Å². The molecule has 8 heteroatoms. The van der Waals surface area contributed by atoms with Crippen LogP contribution in [0.5, 0.6) is 0 Å². The molecule has 2 aliphatic rings. The summed E-state index contributed by atoms with van der Waals surface area (Å²) in [5.41, 5.74) is 1.20. The van der Waals surface area contributed by atoms with Crippen LogP contribution < -0.4 is 4.90 Å². The highest BCUT2D eigenvalue weighted by atomic mass is 19.3. The van der Waals surface area contributed by atoms with Gasteiger partial charge in [0.2, 0.25) is 0 Å². The number of aliphatic carboxylic acids is 1. The molecule has 3 rings (SSSR count). The number of aryl methyl sites for hydroxylation is 1. The van der Waals surface area contributed by atoms with Crippen LogP contribution in [0.25, 0.3) is 0 Å². The Hall–Kier alpha value is -2.25. The summed E-state index contributed by atoms with van der Waals surface area (Å²) in [7, 11) is 0. The third-order valence-corrected chi connectivity index (χ3v) is 6.05. The molecule has 30 heavy (non-hydrogen) atoms. The van der Waals surface area contributed by atoms with Crippen molar-refractivity contribution in [2.75, 3.05) is 31.1 Å². The number of likely N-dealkylation sites (tertiary alicyclic amines) is 1. The molecule has 1 unspecified atom stereocenters. The largest absolute Gasteiger partial charge is 0.481 e. The van der Waals surface area contributed by atoms with E-state index >= 15 is 0 Å². The van der Waals surface area contributed by atoms with Gasteiger partial charge >= 0.3 is 5.97 Å². The number of anilines is 1. The number of nitrogens with zero attached hydrogens (tertiary/aromatic N) is 3. The highest BCUT2D eigenvalue weighted by molar-refractivity contribution is 5.95. The third kappa shape index (κ3) is 5.67. The fourth-order valence-electron chi connectivity index (χ4n) is 4.29. The van der Waals surface area contributed by atoms with Crippen LogP contribution in [0, 0.1) is 5.92 Å². The van der Waals surface area contributed by atoms with Crippen molar-refractivity contribution in [3.05, 3.63) is 23.4 Å². The van der Waals surface area contributed by atoms with Gasteiger partial charge in [0.25, 0.3) is 11.8 Å². The van der Waals surface area contributed by atoms with Gasteiger partial charge in [0.1, 0.15) is 5.82 Å². The predicted octanol–water partition coefficient (Wildman–Crippen LogP) is 3.99. The van der Waals surface area contributed by atoms with E-state index in [2.05, 4.69) is 11.8 Å². The maximum absolute atomic E-state index is 13.5. The number of carbonyl (C=O) groups is 2. The van der Waals surface area contributed by atoms with Gasteiger partial charge in [-0.1, -0.05) is 13.3 Å².